The normalized spacial score (nSPS) is 39.5. The van der Waals surface area contributed by atoms with Gasteiger partial charge < -0.3 is 10.0 Å². The Kier molecular flexibility index (Phi) is 2.35. The van der Waals surface area contributed by atoms with Crippen molar-refractivity contribution in [3.05, 3.63) is 7.05 Å². The van der Waals surface area contributed by atoms with E-state index < -0.39 is 0 Å². The SMILES string of the molecule is [CH2-][NH+]1CC(N2CCC(O)CC2)C1. The van der Waals surface area contributed by atoms with Crippen LogP contribution in [0.5, 0.6) is 0 Å². The van der Waals surface area contributed by atoms with Gasteiger partial charge in [-0.05, 0) is 12.8 Å². The number of quaternary nitrogens is 1. The molecule has 0 saturated carbocycles. The van der Waals surface area contributed by atoms with Crippen molar-refractivity contribution in [2.45, 2.75) is 25.0 Å². The van der Waals surface area contributed by atoms with Crippen LogP contribution in [-0.4, -0.2) is 48.3 Å². The van der Waals surface area contributed by atoms with Crippen molar-refractivity contribution in [1.82, 2.24) is 4.90 Å². The molecule has 2 aliphatic rings. The summed E-state index contributed by atoms with van der Waals surface area (Å²) < 4.78 is 0. The number of aliphatic hydroxyl groups excluding tert-OH is 1. The molecule has 0 amide bonds. The molecule has 2 heterocycles. The predicted molar refractivity (Wildman–Crippen MR) is 46.7 cm³/mol. The summed E-state index contributed by atoms with van der Waals surface area (Å²) in [5.74, 6) is 0. The second-order valence-electron chi connectivity index (χ2n) is 4.08. The molecule has 0 atom stereocenters. The summed E-state index contributed by atoms with van der Waals surface area (Å²) in [6.45, 7) is 4.55. The molecule has 0 unspecified atom stereocenters. The zero-order valence-electron chi connectivity index (χ0n) is 7.50. The van der Waals surface area contributed by atoms with Crippen molar-refractivity contribution in [2.75, 3.05) is 26.2 Å². The van der Waals surface area contributed by atoms with E-state index in [0.717, 1.165) is 32.0 Å². The molecule has 3 heteroatoms. The third-order valence-corrected chi connectivity index (χ3v) is 3.06. The molecule has 0 aromatic rings. The van der Waals surface area contributed by atoms with Crippen molar-refractivity contribution in [1.29, 1.82) is 0 Å². The number of likely N-dealkylation sites (tertiary alicyclic amines) is 2. The first-order valence-corrected chi connectivity index (χ1v) is 4.84. The van der Waals surface area contributed by atoms with Crippen LogP contribution in [0.25, 0.3) is 0 Å². The van der Waals surface area contributed by atoms with Gasteiger partial charge in [0.15, 0.2) is 0 Å². The highest BCUT2D eigenvalue weighted by Crippen LogP contribution is 2.13. The van der Waals surface area contributed by atoms with E-state index in [9.17, 15) is 5.11 Å². The number of piperidine rings is 1. The van der Waals surface area contributed by atoms with E-state index in [1.165, 1.54) is 18.0 Å². The van der Waals surface area contributed by atoms with Gasteiger partial charge in [-0.2, -0.15) is 7.05 Å². The molecule has 0 aromatic heterocycles. The van der Waals surface area contributed by atoms with Gasteiger partial charge in [0.25, 0.3) is 0 Å². The largest absolute Gasteiger partial charge is 0.465 e. The maximum atomic E-state index is 9.31. The zero-order valence-corrected chi connectivity index (χ0v) is 7.50. The van der Waals surface area contributed by atoms with Crippen LogP contribution in [0.1, 0.15) is 12.8 Å². The van der Waals surface area contributed by atoms with Crippen molar-refractivity contribution in [3.63, 3.8) is 0 Å². The number of aliphatic hydroxyl groups is 1. The average molecular weight is 170 g/mol. The van der Waals surface area contributed by atoms with Gasteiger partial charge in [-0.1, -0.05) is 0 Å². The third-order valence-electron chi connectivity index (χ3n) is 3.06. The Morgan fingerprint density at radius 1 is 1.25 bits per heavy atom. The van der Waals surface area contributed by atoms with Gasteiger partial charge in [0.05, 0.1) is 19.2 Å². The molecule has 0 aromatic carbocycles. The van der Waals surface area contributed by atoms with E-state index >= 15 is 0 Å². The molecule has 12 heavy (non-hydrogen) atoms. The van der Waals surface area contributed by atoms with Gasteiger partial charge in [-0.25, -0.2) is 0 Å². The summed E-state index contributed by atoms with van der Waals surface area (Å²) in [5, 5.41) is 9.31. The molecule has 2 saturated heterocycles. The maximum Gasteiger partial charge on any atom is 0.104 e. The van der Waals surface area contributed by atoms with Gasteiger partial charge in [-0.15, -0.1) is 0 Å². The van der Waals surface area contributed by atoms with E-state index in [-0.39, 0.29) is 6.10 Å². The summed E-state index contributed by atoms with van der Waals surface area (Å²) in [7, 11) is 3.94. The van der Waals surface area contributed by atoms with Crippen LogP contribution < -0.4 is 4.90 Å². The van der Waals surface area contributed by atoms with E-state index in [2.05, 4.69) is 11.9 Å². The minimum Gasteiger partial charge on any atom is -0.465 e. The number of rotatable bonds is 1. The number of hydrogen-bond donors (Lipinski definition) is 2. The molecule has 0 radical (unpaired) electrons. The second-order valence-corrected chi connectivity index (χ2v) is 4.08. The van der Waals surface area contributed by atoms with Crippen LogP contribution in [0, 0.1) is 7.05 Å². The molecule has 2 N–H and O–H groups in total. The van der Waals surface area contributed by atoms with Crippen LogP contribution in [-0.2, 0) is 0 Å². The van der Waals surface area contributed by atoms with Crippen LogP contribution in [0.4, 0.5) is 0 Å². The molecule has 2 rings (SSSR count). The summed E-state index contributed by atoms with van der Waals surface area (Å²) in [6.07, 6.45) is 1.89. The molecule has 0 aliphatic carbocycles. The van der Waals surface area contributed by atoms with Crippen molar-refractivity contribution in [3.8, 4) is 0 Å². The fraction of sp³-hybridized carbons (Fsp3) is 0.889. The molecule has 2 aliphatic heterocycles. The summed E-state index contributed by atoms with van der Waals surface area (Å²) in [4.78, 5) is 3.90. The van der Waals surface area contributed by atoms with E-state index in [1.807, 2.05) is 0 Å². The Labute approximate surface area is 74.0 Å². The number of nitrogens with zero attached hydrogens (tertiary/aromatic N) is 1. The van der Waals surface area contributed by atoms with Crippen LogP contribution in [0.15, 0.2) is 0 Å². The van der Waals surface area contributed by atoms with E-state index in [1.54, 1.807) is 0 Å². The standard InChI is InChI=1S/C9H18N2O/c1-10-6-8(7-10)11-4-2-9(12)3-5-11/h8-10,12H,1-7H2. The molecule has 2 fully saturated rings. The molecule has 0 spiro atoms. The zero-order chi connectivity index (χ0) is 8.55. The second kappa shape index (κ2) is 3.32. The lowest BCUT2D eigenvalue weighted by Crippen LogP contribution is -3.18. The third kappa shape index (κ3) is 1.63. The first-order chi connectivity index (χ1) is 5.75. The van der Waals surface area contributed by atoms with Crippen molar-refractivity contribution in [2.24, 2.45) is 0 Å². The van der Waals surface area contributed by atoms with Crippen LogP contribution in [0.2, 0.25) is 0 Å². The van der Waals surface area contributed by atoms with Crippen LogP contribution in [0.3, 0.4) is 0 Å². The number of hydrogen-bond acceptors (Lipinski definition) is 2. The molecule has 70 valence electrons. The van der Waals surface area contributed by atoms with E-state index in [4.69, 9.17) is 0 Å². The molecule has 0 bridgehead atoms. The van der Waals surface area contributed by atoms with Crippen molar-refractivity contribution < 1.29 is 10.0 Å². The Balaban J connectivity index is 1.75. The Morgan fingerprint density at radius 2 is 1.83 bits per heavy atom. The lowest BCUT2D eigenvalue weighted by molar-refractivity contribution is -0.902. The van der Waals surface area contributed by atoms with Gasteiger partial charge >= 0.3 is 0 Å². The van der Waals surface area contributed by atoms with Crippen LogP contribution >= 0.6 is 0 Å². The fourth-order valence-corrected chi connectivity index (χ4v) is 2.12. The highest BCUT2D eigenvalue weighted by atomic mass is 16.3. The average Bonchev–Trinajstić information content (AvgIpc) is 2.01. The van der Waals surface area contributed by atoms with Gasteiger partial charge in [0, 0.05) is 13.1 Å². The maximum absolute atomic E-state index is 9.31. The highest BCUT2D eigenvalue weighted by molar-refractivity contribution is 4.80. The smallest absolute Gasteiger partial charge is 0.104 e. The topological polar surface area (TPSA) is 27.9 Å². The lowest BCUT2D eigenvalue weighted by atomic mass is 10.0. The summed E-state index contributed by atoms with van der Waals surface area (Å²) >= 11 is 0. The van der Waals surface area contributed by atoms with Crippen molar-refractivity contribution >= 4 is 0 Å². The quantitative estimate of drug-likeness (QED) is 0.469. The van der Waals surface area contributed by atoms with Gasteiger partial charge in [0.1, 0.15) is 6.04 Å². The van der Waals surface area contributed by atoms with E-state index in [0.29, 0.717) is 0 Å². The first-order valence-electron chi connectivity index (χ1n) is 4.84. The summed E-state index contributed by atoms with van der Waals surface area (Å²) in [5.41, 5.74) is 0. The highest BCUT2D eigenvalue weighted by Gasteiger charge is 2.32. The molecular formula is C9H18N2O. The minimum atomic E-state index is -0.0375. The minimum absolute atomic E-state index is 0.0375. The Bertz CT molecular complexity index is 149. The molecular weight excluding hydrogens is 152 g/mol. The number of nitrogens with one attached hydrogen (secondary N) is 1. The Hall–Kier alpha value is -0.120. The summed E-state index contributed by atoms with van der Waals surface area (Å²) in [6, 6.07) is 0.755. The monoisotopic (exact) mass is 170 g/mol. The predicted octanol–water partition coefficient (Wildman–Crippen LogP) is -1.50. The first kappa shape index (κ1) is 8.48. The van der Waals surface area contributed by atoms with Gasteiger partial charge in [0.2, 0.25) is 0 Å². The Morgan fingerprint density at radius 3 is 2.33 bits per heavy atom. The molecule has 3 nitrogen and oxygen atoms in total. The fourth-order valence-electron chi connectivity index (χ4n) is 2.12. The lowest BCUT2D eigenvalue weighted by Gasteiger charge is -2.46. The van der Waals surface area contributed by atoms with Gasteiger partial charge in [-0.3, -0.25) is 4.90 Å².